The van der Waals surface area contributed by atoms with E-state index in [4.69, 9.17) is 4.74 Å². The minimum absolute atomic E-state index is 0.241. The zero-order chi connectivity index (χ0) is 29.0. The van der Waals surface area contributed by atoms with Crippen molar-refractivity contribution in [1.29, 1.82) is 0 Å². The fourth-order valence-electron chi connectivity index (χ4n) is 4.50. The fourth-order valence-corrected chi connectivity index (χ4v) is 4.50. The highest BCUT2D eigenvalue weighted by Gasteiger charge is 2.31. The van der Waals surface area contributed by atoms with Crippen molar-refractivity contribution in [2.45, 2.75) is 26.4 Å². The van der Waals surface area contributed by atoms with Crippen molar-refractivity contribution in [2.75, 3.05) is 42.9 Å². The van der Waals surface area contributed by atoms with Crippen LogP contribution in [0.5, 0.6) is 5.88 Å². The highest BCUT2D eigenvalue weighted by Crippen LogP contribution is 2.30. The van der Waals surface area contributed by atoms with Crippen LogP contribution in [0.4, 0.5) is 29.3 Å². The molecule has 0 saturated carbocycles. The molecule has 0 aromatic carbocycles. The number of rotatable bonds is 7. The van der Waals surface area contributed by atoms with Gasteiger partial charge in [0.15, 0.2) is 0 Å². The molecule has 1 N–H and O–H groups in total. The summed E-state index contributed by atoms with van der Waals surface area (Å²) in [6.07, 6.45) is 3.15. The maximum Gasteiger partial charge on any atom is 0.418 e. The van der Waals surface area contributed by atoms with E-state index in [2.05, 4.69) is 47.3 Å². The van der Waals surface area contributed by atoms with Crippen molar-refractivity contribution in [3.8, 4) is 22.8 Å². The van der Waals surface area contributed by atoms with Crippen molar-refractivity contribution < 1.29 is 22.7 Å². The van der Waals surface area contributed by atoms with Crippen LogP contribution >= 0.6 is 0 Å². The average molecular weight is 568 g/mol. The number of piperazine rings is 1. The Balaban J connectivity index is 1.28. The number of carbonyl (C=O) groups excluding carboxylic acids is 1. The van der Waals surface area contributed by atoms with Crippen LogP contribution in [0.1, 0.15) is 24.6 Å². The number of amides is 1. The van der Waals surface area contributed by atoms with E-state index >= 15 is 0 Å². The highest BCUT2D eigenvalue weighted by molar-refractivity contribution is 5.86. The largest absolute Gasteiger partial charge is 0.418 e. The average Bonchev–Trinajstić information content (AvgIpc) is 3.45. The molecule has 11 nitrogen and oxygen atoms in total. The Labute approximate surface area is 234 Å². The van der Waals surface area contributed by atoms with E-state index in [0.29, 0.717) is 23.1 Å². The molecular formula is C27H28F3N9O2. The van der Waals surface area contributed by atoms with Gasteiger partial charge in [0.25, 0.3) is 0 Å². The molecule has 0 radical (unpaired) electrons. The highest BCUT2D eigenvalue weighted by atomic mass is 19.4. The number of pyridine rings is 3. The third-order valence-corrected chi connectivity index (χ3v) is 6.60. The van der Waals surface area contributed by atoms with Crippen LogP contribution in [0, 0.1) is 6.92 Å². The summed E-state index contributed by atoms with van der Waals surface area (Å²) < 4.78 is 45.3. The Morgan fingerprint density at radius 3 is 2.63 bits per heavy atom. The van der Waals surface area contributed by atoms with Crippen molar-refractivity contribution in [3.63, 3.8) is 0 Å². The molecule has 5 heterocycles. The summed E-state index contributed by atoms with van der Waals surface area (Å²) in [7, 11) is 0. The predicted molar refractivity (Wildman–Crippen MR) is 145 cm³/mol. The van der Waals surface area contributed by atoms with Crippen molar-refractivity contribution in [3.05, 3.63) is 66.5 Å². The summed E-state index contributed by atoms with van der Waals surface area (Å²) >= 11 is 0. The van der Waals surface area contributed by atoms with Crippen LogP contribution in [-0.2, 0) is 6.18 Å². The second kappa shape index (κ2) is 11.9. The smallest absolute Gasteiger partial charge is 0.391 e. The molecule has 1 amide bonds. The summed E-state index contributed by atoms with van der Waals surface area (Å²) in [5, 5.41) is 11.0. The molecule has 1 aliphatic heterocycles. The van der Waals surface area contributed by atoms with Crippen LogP contribution in [-0.4, -0.2) is 73.7 Å². The van der Waals surface area contributed by atoms with E-state index in [-0.39, 0.29) is 5.69 Å². The van der Waals surface area contributed by atoms with E-state index in [1.165, 1.54) is 10.9 Å². The molecule has 0 aliphatic carbocycles. The molecule has 41 heavy (non-hydrogen) atoms. The minimum atomic E-state index is -4.59. The number of aryl methyl sites for hydroxylation is 1. The van der Waals surface area contributed by atoms with Gasteiger partial charge in [-0.2, -0.15) is 13.2 Å². The fraction of sp³-hybridized carbons (Fsp3) is 0.333. The molecule has 214 valence electrons. The quantitative estimate of drug-likeness (QED) is 0.343. The molecule has 4 aromatic heterocycles. The van der Waals surface area contributed by atoms with E-state index in [0.717, 1.165) is 62.7 Å². The van der Waals surface area contributed by atoms with E-state index in [1.54, 1.807) is 25.4 Å². The first kappa shape index (κ1) is 28.0. The lowest BCUT2D eigenvalue weighted by molar-refractivity contribution is -0.137. The Morgan fingerprint density at radius 2 is 1.88 bits per heavy atom. The van der Waals surface area contributed by atoms with Crippen LogP contribution in [0.3, 0.4) is 0 Å². The summed E-state index contributed by atoms with van der Waals surface area (Å²) in [6.45, 7) is 8.93. The first-order valence-electron chi connectivity index (χ1n) is 13.0. The predicted octanol–water partition coefficient (Wildman–Crippen LogP) is 4.59. The Morgan fingerprint density at radius 1 is 1.07 bits per heavy atom. The van der Waals surface area contributed by atoms with Crippen LogP contribution in [0.15, 0.2) is 55.2 Å². The third-order valence-electron chi connectivity index (χ3n) is 6.60. The number of nitrogens with one attached hydrogen (secondary N) is 1. The minimum Gasteiger partial charge on any atom is -0.391 e. The van der Waals surface area contributed by atoms with Gasteiger partial charge >= 0.3 is 12.3 Å². The molecule has 0 atom stereocenters. The first-order chi connectivity index (χ1) is 19.7. The Bertz CT molecular complexity index is 1520. The van der Waals surface area contributed by atoms with E-state index in [9.17, 15) is 18.0 Å². The van der Waals surface area contributed by atoms with Crippen LogP contribution < -0.4 is 15.0 Å². The second-order valence-corrected chi connectivity index (χ2v) is 9.53. The number of aromatic nitrogens is 6. The van der Waals surface area contributed by atoms with Gasteiger partial charge in [-0.25, -0.2) is 14.5 Å². The molecule has 4 aromatic rings. The molecule has 0 bridgehead atoms. The Hall–Kier alpha value is -4.59. The number of hydrogen-bond donors (Lipinski definition) is 1. The molecule has 1 aliphatic rings. The number of ether oxygens (including phenoxy) is 1. The number of anilines is 2. The van der Waals surface area contributed by atoms with E-state index in [1.807, 2.05) is 12.3 Å². The zero-order valence-corrected chi connectivity index (χ0v) is 22.5. The van der Waals surface area contributed by atoms with Gasteiger partial charge in [-0.3, -0.25) is 20.2 Å². The molecular weight excluding hydrogens is 539 g/mol. The number of alkyl halides is 3. The van der Waals surface area contributed by atoms with Gasteiger partial charge in [-0.15, -0.1) is 5.10 Å². The molecule has 14 heteroatoms. The number of halogens is 3. The van der Waals surface area contributed by atoms with Gasteiger partial charge in [-0.05, 0) is 38.1 Å². The molecule has 0 unspecified atom stereocenters. The van der Waals surface area contributed by atoms with Gasteiger partial charge in [0, 0.05) is 50.2 Å². The molecule has 1 fully saturated rings. The second-order valence-electron chi connectivity index (χ2n) is 9.53. The standard InChI is InChI=1S/C27H28F3N9O2/c1-3-6-37-7-9-38(10-8-37)22-11-19(14-31-16-22)23-17-39(36-35-23)24-13-21(15-33-18(24)2)34-26(40)41-25-12-20(4-5-32-25)27(28,29)30/h4-5,11-17H,3,6-10H2,1-2H3,(H,34,40). The lowest BCUT2D eigenvalue weighted by Crippen LogP contribution is -2.46. The molecule has 0 spiro atoms. The van der Waals surface area contributed by atoms with Gasteiger partial charge in [0.1, 0.15) is 5.69 Å². The maximum atomic E-state index is 12.9. The van der Waals surface area contributed by atoms with Gasteiger partial charge < -0.3 is 9.64 Å². The lowest BCUT2D eigenvalue weighted by Gasteiger charge is -2.35. The van der Waals surface area contributed by atoms with Crippen LogP contribution in [0.25, 0.3) is 16.9 Å². The maximum absolute atomic E-state index is 12.9. The normalized spacial score (nSPS) is 14.2. The zero-order valence-electron chi connectivity index (χ0n) is 22.5. The number of hydrogen-bond acceptors (Lipinski definition) is 9. The van der Waals surface area contributed by atoms with Crippen LogP contribution in [0.2, 0.25) is 0 Å². The van der Waals surface area contributed by atoms with Crippen molar-refractivity contribution >= 4 is 17.5 Å². The number of carbonyl (C=O) groups is 1. The lowest BCUT2D eigenvalue weighted by atomic mass is 10.2. The summed E-state index contributed by atoms with van der Waals surface area (Å²) in [6, 6.07) is 5.07. The molecule has 5 rings (SSSR count). The topological polar surface area (TPSA) is 114 Å². The Kier molecular flexibility index (Phi) is 8.10. The number of nitrogens with zero attached hydrogens (tertiary/aromatic N) is 8. The molecule has 1 saturated heterocycles. The third kappa shape index (κ3) is 6.77. The van der Waals surface area contributed by atoms with Gasteiger partial charge in [0.05, 0.1) is 46.9 Å². The summed E-state index contributed by atoms with van der Waals surface area (Å²) in [5.41, 5.74) is 2.84. The van der Waals surface area contributed by atoms with E-state index < -0.39 is 23.7 Å². The van der Waals surface area contributed by atoms with Crippen molar-refractivity contribution in [2.24, 2.45) is 0 Å². The summed E-state index contributed by atoms with van der Waals surface area (Å²) in [4.78, 5) is 29.5. The monoisotopic (exact) mass is 567 g/mol. The summed E-state index contributed by atoms with van der Waals surface area (Å²) in [5.74, 6) is -0.489. The van der Waals surface area contributed by atoms with Crippen molar-refractivity contribution in [1.82, 2.24) is 34.8 Å². The van der Waals surface area contributed by atoms with Gasteiger partial charge in [-0.1, -0.05) is 12.1 Å². The SMILES string of the molecule is CCCN1CCN(c2cncc(-c3cn(-c4cc(NC(=O)Oc5cc(C(F)(F)F)ccn5)cnc4C)nn3)c2)CC1. The first-order valence-corrected chi connectivity index (χ1v) is 13.0. The van der Waals surface area contributed by atoms with Gasteiger partial charge in [0.2, 0.25) is 5.88 Å².